The Bertz CT molecular complexity index is 903. The fourth-order valence-corrected chi connectivity index (χ4v) is 3.71. The van der Waals surface area contributed by atoms with E-state index in [9.17, 15) is 13.2 Å². The minimum absolute atomic E-state index is 0.0592. The fraction of sp³-hybridized carbons (Fsp3) is 0.333. The summed E-state index contributed by atoms with van der Waals surface area (Å²) in [6.07, 6.45) is 4.76. The summed E-state index contributed by atoms with van der Waals surface area (Å²) in [5.41, 5.74) is 1.40. The molecule has 0 unspecified atom stereocenters. The summed E-state index contributed by atoms with van der Waals surface area (Å²) in [7, 11) is -3.40. The second kappa shape index (κ2) is 7.33. The Morgan fingerprint density at radius 2 is 2.19 bits per heavy atom. The van der Waals surface area contributed by atoms with Crippen LogP contribution in [0.1, 0.15) is 25.5 Å². The molecule has 1 amide bonds. The van der Waals surface area contributed by atoms with Crippen molar-refractivity contribution in [1.29, 1.82) is 0 Å². The van der Waals surface area contributed by atoms with Crippen LogP contribution in [-0.4, -0.2) is 44.0 Å². The van der Waals surface area contributed by atoms with E-state index < -0.39 is 10.0 Å². The molecule has 138 valence electrons. The van der Waals surface area contributed by atoms with Gasteiger partial charge in [-0.15, -0.1) is 4.40 Å². The van der Waals surface area contributed by atoms with Crippen molar-refractivity contribution < 1.29 is 17.9 Å². The van der Waals surface area contributed by atoms with Gasteiger partial charge < -0.3 is 15.0 Å². The third-order valence-electron chi connectivity index (χ3n) is 4.10. The fourth-order valence-electron chi connectivity index (χ4n) is 2.74. The number of nitrogens with one attached hydrogen (secondary N) is 1. The number of carbonyl (C=O) groups is 1. The van der Waals surface area contributed by atoms with E-state index in [-0.39, 0.29) is 24.2 Å². The number of hydrogen-bond acceptors (Lipinski definition) is 5. The second-order valence-electron chi connectivity index (χ2n) is 6.05. The summed E-state index contributed by atoms with van der Waals surface area (Å²) < 4.78 is 32.3. The van der Waals surface area contributed by atoms with E-state index in [2.05, 4.69) is 9.71 Å². The Morgan fingerprint density at radius 3 is 2.96 bits per heavy atom. The first-order chi connectivity index (χ1) is 12.4. The Kier molecular flexibility index (Phi) is 5.13. The molecule has 0 bridgehead atoms. The standard InChI is InChI=1S/C18H21N3O4S/c1-3-25-16-6-4-5-14(11-16)13(2)19-18(22)15-7-8-17-20-26(23,24)10-9-21(17)12-15/h4-8,11-13H,3,9-10H2,1-2H3,(H,19,22)/t13-/m1/s1. The van der Waals surface area contributed by atoms with Crippen LogP contribution in [0.4, 0.5) is 0 Å². The van der Waals surface area contributed by atoms with Crippen LogP contribution in [0.3, 0.4) is 0 Å². The highest BCUT2D eigenvalue weighted by Crippen LogP contribution is 2.21. The van der Waals surface area contributed by atoms with Crippen LogP contribution < -0.4 is 10.1 Å². The van der Waals surface area contributed by atoms with Crippen LogP contribution in [0.2, 0.25) is 0 Å². The zero-order chi connectivity index (χ0) is 18.7. The molecule has 0 saturated heterocycles. The van der Waals surface area contributed by atoms with Crippen LogP contribution in [0, 0.1) is 0 Å². The summed E-state index contributed by atoms with van der Waals surface area (Å²) >= 11 is 0. The predicted molar refractivity (Wildman–Crippen MR) is 99.3 cm³/mol. The van der Waals surface area contributed by atoms with Crippen molar-refractivity contribution in [2.24, 2.45) is 4.40 Å². The number of amides is 1. The van der Waals surface area contributed by atoms with E-state index in [4.69, 9.17) is 4.74 Å². The molecule has 2 aliphatic heterocycles. The first-order valence-corrected chi connectivity index (χ1v) is 10.0. The smallest absolute Gasteiger partial charge is 0.256 e. The van der Waals surface area contributed by atoms with Gasteiger partial charge in [-0.05, 0) is 43.7 Å². The summed E-state index contributed by atoms with van der Waals surface area (Å²) in [6, 6.07) is 7.39. The lowest BCUT2D eigenvalue weighted by molar-refractivity contribution is -0.117. The van der Waals surface area contributed by atoms with Crippen LogP contribution in [0.5, 0.6) is 5.75 Å². The highest BCUT2D eigenvalue weighted by Gasteiger charge is 2.25. The third kappa shape index (κ3) is 4.13. The van der Waals surface area contributed by atoms with Gasteiger partial charge in [-0.2, -0.15) is 0 Å². The van der Waals surface area contributed by atoms with E-state index in [0.717, 1.165) is 11.3 Å². The molecule has 1 aromatic carbocycles. The minimum Gasteiger partial charge on any atom is -0.494 e. The third-order valence-corrected chi connectivity index (χ3v) is 5.27. The van der Waals surface area contributed by atoms with Crippen molar-refractivity contribution >= 4 is 21.8 Å². The summed E-state index contributed by atoms with van der Waals surface area (Å²) in [6.45, 7) is 4.69. The lowest BCUT2D eigenvalue weighted by Gasteiger charge is -2.27. The average Bonchev–Trinajstić information content (AvgIpc) is 2.61. The average molecular weight is 375 g/mol. The molecule has 3 rings (SSSR count). The predicted octanol–water partition coefficient (Wildman–Crippen LogP) is 1.76. The SMILES string of the molecule is CCOc1cccc([C@@H](C)NC(=O)C2=CN3CCS(=O)(=O)N=C3C=C2)c1. The molecule has 26 heavy (non-hydrogen) atoms. The number of rotatable bonds is 5. The van der Waals surface area contributed by atoms with Crippen molar-refractivity contribution in [3.05, 3.63) is 53.8 Å². The van der Waals surface area contributed by atoms with Gasteiger partial charge in [0.15, 0.2) is 0 Å². The van der Waals surface area contributed by atoms with Crippen LogP contribution in [-0.2, 0) is 14.8 Å². The van der Waals surface area contributed by atoms with Gasteiger partial charge in [0.25, 0.3) is 15.9 Å². The molecule has 2 aliphatic rings. The molecule has 1 atom stereocenters. The first kappa shape index (κ1) is 18.2. The molecule has 1 N–H and O–H groups in total. The zero-order valence-electron chi connectivity index (χ0n) is 14.7. The molecular weight excluding hydrogens is 354 g/mol. The van der Waals surface area contributed by atoms with Crippen LogP contribution in [0.15, 0.2) is 52.6 Å². The number of sulfonamides is 1. The van der Waals surface area contributed by atoms with E-state index in [1.54, 1.807) is 23.3 Å². The minimum atomic E-state index is -3.40. The molecular formula is C18H21N3O4S. The van der Waals surface area contributed by atoms with Gasteiger partial charge in [-0.25, -0.2) is 8.42 Å². The van der Waals surface area contributed by atoms with E-state index in [1.807, 2.05) is 38.1 Å². The van der Waals surface area contributed by atoms with Gasteiger partial charge in [0.1, 0.15) is 11.6 Å². The largest absolute Gasteiger partial charge is 0.494 e. The maximum absolute atomic E-state index is 12.5. The molecule has 1 aromatic rings. The van der Waals surface area contributed by atoms with Crippen molar-refractivity contribution in [3.8, 4) is 5.75 Å². The molecule has 2 heterocycles. The maximum Gasteiger partial charge on any atom is 0.256 e. The Morgan fingerprint density at radius 1 is 1.38 bits per heavy atom. The number of ether oxygens (including phenoxy) is 1. The Labute approximate surface area is 153 Å². The quantitative estimate of drug-likeness (QED) is 0.847. The van der Waals surface area contributed by atoms with Gasteiger partial charge in [0.05, 0.1) is 24.0 Å². The maximum atomic E-state index is 12.5. The van der Waals surface area contributed by atoms with E-state index >= 15 is 0 Å². The Hall–Kier alpha value is -2.61. The Balaban J connectivity index is 1.70. The second-order valence-corrected chi connectivity index (χ2v) is 7.80. The van der Waals surface area contributed by atoms with Crippen molar-refractivity contribution in [2.45, 2.75) is 19.9 Å². The van der Waals surface area contributed by atoms with Gasteiger partial charge in [0.2, 0.25) is 0 Å². The van der Waals surface area contributed by atoms with Gasteiger partial charge >= 0.3 is 0 Å². The molecule has 0 aliphatic carbocycles. The number of hydrogen-bond donors (Lipinski definition) is 1. The monoisotopic (exact) mass is 375 g/mol. The molecule has 8 heteroatoms. The number of nitrogens with zero attached hydrogens (tertiary/aromatic N) is 2. The summed E-state index contributed by atoms with van der Waals surface area (Å²) in [5, 5.41) is 2.95. The lowest BCUT2D eigenvalue weighted by atomic mass is 10.1. The zero-order valence-corrected chi connectivity index (χ0v) is 15.5. The van der Waals surface area contributed by atoms with E-state index in [1.165, 1.54) is 0 Å². The van der Waals surface area contributed by atoms with Crippen molar-refractivity contribution in [2.75, 3.05) is 18.9 Å². The number of carbonyl (C=O) groups excluding carboxylic acids is 1. The normalized spacial score (nSPS) is 19.1. The number of benzene rings is 1. The van der Waals surface area contributed by atoms with Gasteiger partial charge in [0, 0.05) is 12.7 Å². The first-order valence-electron chi connectivity index (χ1n) is 8.41. The number of fused-ring (bicyclic) bond motifs is 1. The van der Waals surface area contributed by atoms with E-state index in [0.29, 0.717) is 18.0 Å². The van der Waals surface area contributed by atoms with Crippen molar-refractivity contribution in [1.82, 2.24) is 10.2 Å². The lowest BCUT2D eigenvalue weighted by Crippen LogP contribution is -2.38. The topological polar surface area (TPSA) is 88.1 Å². The molecule has 7 nitrogen and oxygen atoms in total. The molecule has 0 radical (unpaired) electrons. The molecule has 0 fully saturated rings. The van der Waals surface area contributed by atoms with Crippen LogP contribution >= 0.6 is 0 Å². The number of amidine groups is 1. The summed E-state index contributed by atoms with van der Waals surface area (Å²) in [5.74, 6) is 0.808. The molecule has 0 spiro atoms. The van der Waals surface area contributed by atoms with Gasteiger partial charge in [-0.3, -0.25) is 4.79 Å². The molecule has 0 aromatic heterocycles. The molecule has 0 saturated carbocycles. The summed E-state index contributed by atoms with van der Waals surface area (Å²) in [4.78, 5) is 14.2. The van der Waals surface area contributed by atoms with Crippen LogP contribution in [0.25, 0.3) is 0 Å². The highest BCUT2D eigenvalue weighted by molar-refractivity contribution is 7.90. The van der Waals surface area contributed by atoms with Gasteiger partial charge in [-0.1, -0.05) is 12.1 Å². The van der Waals surface area contributed by atoms with Crippen molar-refractivity contribution in [3.63, 3.8) is 0 Å². The highest BCUT2D eigenvalue weighted by atomic mass is 32.2.